The van der Waals surface area contributed by atoms with Crippen molar-refractivity contribution in [3.05, 3.63) is 52.5 Å². The van der Waals surface area contributed by atoms with Gasteiger partial charge in [-0.3, -0.25) is 4.79 Å². The zero-order valence-corrected chi connectivity index (χ0v) is 23.3. The Morgan fingerprint density at radius 3 is 2.15 bits per heavy atom. The van der Waals surface area contributed by atoms with E-state index in [2.05, 4.69) is 61.0 Å². The van der Waals surface area contributed by atoms with Gasteiger partial charge in [-0.1, -0.05) is 115 Å². The topological polar surface area (TPSA) is 26.3 Å². The van der Waals surface area contributed by atoms with Gasteiger partial charge in [0, 0.05) is 12.0 Å². The molecule has 1 unspecified atom stereocenters. The number of Topliss-reactive ketones (excluding diaryl/α,β-unsaturated/α-hetero) is 1. The lowest BCUT2D eigenvalue weighted by Gasteiger charge is -2.11. The minimum absolute atomic E-state index is 0.259. The summed E-state index contributed by atoms with van der Waals surface area (Å²) in [6, 6.07) is 14.3. The van der Waals surface area contributed by atoms with Crippen molar-refractivity contribution in [3.8, 4) is 16.9 Å². The number of benzene rings is 2. The quantitative estimate of drug-likeness (QED) is 0.142. The van der Waals surface area contributed by atoms with Crippen LogP contribution in [0.1, 0.15) is 115 Å². The molecule has 0 N–H and O–H groups in total. The summed E-state index contributed by atoms with van der Waals surface area (Å²) < 4.78 is 6.97. The smallest absolute Gasteiger partial charge is 0.162 e. The van der Waals surface area contributed by atoms with E-state index in [4.69, 9.17) is 4.74 Å². The van der Waals surface area contributed by atoms with Crippen LogP contribution in [0, 0.1) is 5.92 Å². The highest BCUT2D eigenvalue weighted by molar-refractivity contribution is 9.10. The van der Waals surface area contributed by atoms with Crippen molar-refractivity contribution in [2.45, 2.75) is 104 Å². The molecule has 0 saturated carbocycles. The Balaban J connectivity index is 1.76. The number of hydrogen-bond donors (Lipinski definition) is 0. The Morgan fingerprint density at radius 1 is 0.824 bits per heavy atom. The van der Waals surface area contributed by atoms with Gasteiger partial charge < -0.3 is 4.74 Å². The molecule has 0 bridgehead atoms. The van der Waals surface area contributed by atoms with Crippen LogP contribution in [0.15, 0.2) is 46.9 Å². The molecule has 0 aliphatic carbocycles. The first-order valence-electron chi connectivity index (χ1n) is 13.6. The largest absolute Gasteiger partial charge is 0.492 e. The highest BCUT2D eigenvalue weighted by Gasteiger charge is 2.08. The highest BCUT2D eigenvalue weighted by Crippen LogP contribution is 2.31. The van der Waals surface area contributed by atoms with E-state index in [0.29, 0.717) is 6.42 Å². The predicted molar refractivity (Wildman–Crippen MR) is 150 cm³/mol. The van der Waals surface area contributed by atoms with Crippen molar-refractivity contribution < 1.29 is 9.53 Å². The Morgan fingerprint density at radius 2 is 1.47 bits per heavy atom. The Bertz CT molecular complexity index is 828. The number of rotatable bonds is 18. The predicted octanol–water partition coefficient (Wildman–Crippen LogP) is 10.4. The number of ketones is 1. The minimum Gasteiger partial charge on any atom is -0.492 e. The molecule has 1 atom stereocenters. The fourth-order valence-corrected chi connectivity index (χ4v) is 4.68. The summed E-state index contributed by atoms with van der Waals surface area (Å²) in [5.41, 5.74) is 3.06. The van der Waals surface area contributed by atoms with Crippen molar-refractivity contribution >= 4 is 21.7 Å². The molecule has 34 heavy (non-hydrogen) atoms. The van der Waals surface area contributed by atoms with Gasteiger partial charge in [-0.25, -0.2) is 0 Å². The molecule has 0 radical (unpaired) electrons. The molecule has 2 nitrogen and oxygen atoms in total. The molecule has 2 rings (SSSR count). The van der Waals surface area contributed by atoms with Crippen molar-refractivity contribution in [3.63, 3.8) is 0 Å². The third kappa shape index (κ3) is 10.8. The minimum atomic E-state index is 0.259. The van der Waals surface area contributed by atoms with Crippen LogP contribution in [0.3, 0.4) is 0 Å². The van der Waals surface area contributed by atoms with Crippen molar-refractivity contribution in [1.82, 2.24) is 0 Å². The molecule has 0 fully saturated rings. The van der Waals surface area contributed by atoms with E-state index >= 15 is 0 Å². The summed E-state index contributed by atoms with van der Waals surface area (Å²) >= 11 is 3.67. The van der Waals surface area contributed by atoms with E-state index < -0.39 is 0 Å². The fraction of sp³-hybridized carbons (Fsp3) is 0.581. The average molecular weight is 530 g/mol. The molecule has 0 aliphatic heterocycles. The third-order valence-electron chi connectivity index (χ3n) is 6.78. The van der Waals surface area contributed by atoms with E-state index in [1.54, 1.807) is 0 Å². The van der Waals surface area contributed by atoms with E-state index in [9.17, 15) is 4.79 Å². The molecular weight excluding hydrogens is 484 g/mol. The molecule has 188 valence electrons. The van der Waals surface area contributed by atoms with Gasteiger partial charge in [0.05, 0.1) is 11.1 Å². The molecule has 0 aliphatic rings. The van der Waals surface area contributed by atoms with Gasteiger partial charge >= 0.3 is 0 Å². The van der Waals surface area contributed by atoms with Gasteiger partial charge in [0.2, 0.25) is 0 Å². The number of halogens is 1. The van der Waals surface area contributed by atoms with Crippen molar-refractivity contribution in [2.75, 3.05) is 6.61 Å². The van der Waals surface area contributed by atoms with Crippen LogP contribution in [-0.4, -0.2) is 12.4 Å². The first-order valence-corrected chi connectivity index (χ1v) is 14.4. The number of unbranched alkanes of at least 4 members (excludes halogenated alkanes) is 8. The van der Waals surface area contributed by atoms with Crippen LogP contribution in [0.25, 0.3) is 11.1 Å². The summed E-state index contributed by atoms with van der Waals surface area (Å²) in [6.07, 6.45) is 15.5. The first-order chi connectivity index (χ1) is 16.5. The van der Waals surface area contributed by atoms with Gasteiger partial charge in [0.1, 0.15) is 5.75 Å². The second kappa shape index (κ2) is 16.9. The van der Waals surface area contributed by atoms with E-state index in [0.717, 1.165) is 58.7 Å². The zero-order valence-electron chi connectivity index (χ0n) is 21.7. The molecule has 3 heteroatoms. The van der Waals surface area contributed by atoms with Crippen molar-refractivity contribution in [2.24, 2.45) is 5.92 Å². The first kappa shape index (κ1) is 28.6. The molecule has 0 spiro atoms. The van der Waals surface area contributed by atoms with Crippen LogP contribution in [0.2, 0.25) is 0 Å². The van der Waals surface area contributed by atoms with Gasteiger partial charge in [0.15, 0.2) is 5.78 Å². The van der Waals surface area contributed by atoms with Crippen molar-refractivity contribution in [1.29, 1.82) is 0 Å². The number of ether oxygens (including phenoxy) is 1. The molecule has 0 heterocycles. The van der Waals surface area contributed by atoms with Gasteiger partial charge in [0.25, 0.3) is 0 Å². The van der Waals surface area contributed by atoms with Gasteiger partial charge in [-0.15, -0.1) is 0 Å². The maximum Gasteiger partial charge on any atom is 0.162 e. The van der Waals surface area contributed by atoms with Crippen LogP contribution in [-0.2, 0) is 0 Å². The lowest BCUT2D eigenvalue weighted by Crippen LogP contribution is -1.99. The van der Waals surface area contributed by atoms with Gasteiger partial charge in [-0.2, -0.15) is 0 Å². The van der Waals surface area contributed by atoms with Crippen LogP contribution >= 0.6 is 15.9 Å². The Hall–Kier alpha value is -1.61. The molecule has 2 aromatic rings. The van der Waals surface area contributed by atoms with E-state index in [1.165, 1.54) is 57.8 Å². The number of hydrogen-bond acceptors (Lipinski definition) is 2. The normalized spacial score (nSPS) is 12.0. The lowest BCUT2D eigenvalue weighted by atomic mass is 9.99. The van der Waals surface area contributed by atoms with Crippen LogP contribution < -0.4 is 4.74 Å². The average Bonchev–Trinajstić information content (AvgIpc) is 2.86. The number of carbonyl (C=O) groups is 1. The summed E-state index contributed by atoms with van der Waals surface area (Å²) in [4.78, 5) is 12.5. The molecular formula is C31H45BrO2. The molecule has 2 aromatic carbocycles. The maximum absolute atomic E-state index is 12.5. The lowest BCUT2D eigenvalue weighted by molar-refractivity contribution is 0.0979. The standard InChI is InChI=1S/C31H45BrO2/c1-4-6-7-8-9-10-13-16-30(33)27-19-17-26(18-20-27)28-21-22-31(29(32)24-28)34-23-14-11-12-15-25(3)5-2/h17-22,24-25H,4-16,23H2,1-3H3. The highest BCUT2D eigenvalue weighted by atomic mass is 79.9. The van der Waals surface area contributed by atoms with Crippen LogP contribution in [0.5, 0.6) is 5.75 Å². The summed E-state index contributed by atoms with van der Waals surface area (Å²) in [5, 5.41) is 0. The number of carbonyl (C=O) groups excluding carboxylic acids is 1. The third-order valence-corrected chi connectivity index (χ3v) is 7.39. The zero-order chi connectivity index (χ0) is 24.6. The SMILES string of the molecule is CCCCCCCCCC(=O)c1ccc(-c2ccc(OCCCCCC(C)CC)c(Br)c2)cc1. The maximum atomic E-state index is 12.5. The molecule has 0 saturated heterocycles. The monoisotopic (exact) mass is 528 g/mol. The van der Waals surface area contributed by atoms with E-state index in [1.807, 2.05) is 18.2 Å². The fourth-order valence-electron chi connectivity index (χ4n) is 4.19. The molecule has 0 aromatic heterocycles. The summed E-state index contributed by atoms with van der Waals surface area (Å²) in [5.74, 6) is 1.99. The Kier molecular flexibility index (Phi) is 14.2. The second-order valence-electron chi connectivity index (χ2n) is 9.73. The van der Waals surface area contributed by atoms with Gasteiger partial charge in [-0.05, 0) is 57.9 Å². The van der Waals surface area contributed by atoms with E-state index in [-0.39, 0.29) is 5.78 Å². The summed E-state index contributed by atoms with van der Waals surface area (Å²) in [7, 11) is 0. The summed E-state index contributed by atoms with van der Waals surface area (Å²) in [6.45, 7) is 7.59. The Labute approximate surface area is 217 Å². The molecule has 0 amide bonds. The van der Waals surface area contributed by atoms with Crippen LogP contribution in [0.4, 0.5) is 0 Å². The second-order valence-corrected chi connectivity index (χ2v) is 10.6.